The minimum absolute atomic E-state index is 0.717. The zero-order valence-corrected chi connectivity index (χ0v) is 12.7. The summed E-state index contributed by atoms with van der Waals surface area (Å²) < 4.78 is 6.94. The average Bonchev–Trinajstić information content (AvgIpc) is 2.85. The van der Waals surface area contributed by atoms with Crippen LogP contribution in [0.5, 0.6) is 5.75 Å². The predicted molar refractivity (Wildman–Crippen MR) is 80.4 cm³/mol. The Hall–Kier alpha value is -0.840. The number of rotatable bonds is 6. The van der Waals surface area contributed by atoms with E-state index in [2.05, 4.69) is 44.1 Å². The Balaban J connectivity index is 1.95. The molecule has 0 aliphatic rings. The lowest BCUT2D eigenvalue weighted by molar-refractivity contribution is 0.318. The van der Waals surface area contributed by atoms with Gasteiger partial charge in [-0.1, -0.05) is 15.9 Å². The van der Waals surface area contributed by atoms with Crippen LogP contribution >= 0.6 is 27.3 Å². The first kappa shape index (κ1) is 13.6. The minimum Gasteiger partial charge on any atom is -0.493 e. The van der Waals surface area contributed by atoms with E-state index in [4.69, 9.17) is 4.74 Å². The molecule has 0 bridgehead atoms. The van der Waals surface area contributed by atoms with Gasteiger partial charge in [0.15, 0.2) is 0 Å². The molecule has 0 atom stereocenters. The van der Waals surface area contributed by atoms with Crippen LogP contribution in [0.1, 0.15) is 11.1 Å². The smallest absolute Gasteiger partial charge is 0.123 e. The molecule has 1 N–H and O–H groups in total. The molecular formula is C14H16BrNOS. The van der Waals surface area contributed by atoms with Crippen molar-refractivity contribution >= 4 is 27.3 Å². The van der Waals surface area contributed by atoms with Crippen molar-refractivity contribution < 1.29 is 4.74 Å². The number of halogens is 1. The second kappa shape index (κ2) is 6.92. The summed E-state index contributed by atoms with van der Waals surface area (Å²) in [4.78, 5) is 0. The molecular weight excluding hydrogens is 310 g/mol. The molecule has 96 valence electrons. The van der Waals surface area contributed by atoms with Gasteiger partial charge in [0.1, 0.15) is 5.75 Å². The van der Waals surface area contributed by atoms with Crippen LogP contribution in [0.2, 0.25) is 0 Å². The van der Waals surface area contributed by atoms with Crippen molar-refractivity contribution in [2.45, 2.75) is 13.0 Å². The van der Waals surface area contributed by atoms with E-state index in [0.29, 0.717) is 0 Å². The Morgan fingerprint density at radius 2 is 2.22 bits per heavy atom. The number of hydrogen-bond donors (Lipinski definition) is 1. The van der Waals surface area contributed by atoms with E-state index in [1.54, 1.807) is 11.3 Å². The Kier molecular flexibility index (Phi) is 5.23. The van der Waals surface area contributed by atoms with E-state index < -0.39 is 0 Å². The molecule has 0 fully saturated rings. The van der Waals surface area contributed by atoms with Crippen LogP contribution < -0.4 is 10.1 Å². The maximum atomic E-state index is 5.86. The average molecular weight is 326 g/mol. The molecule has 2 nitrogen and oxygen atoms in total. The molecule has 2 rings (SSSR count). The van der Waals surface area contributed by atoms with E-state index in [1.807, 2.05) is 19.2 Å². The third kappa shape index (κ3) is 3.83. The second-order valence-electron chi connectivity index (χ2n) is 4.01. The molecule has 0 aliphatic carbocycles. The van der Waals surface area contributed by atoms with Gasteiger partial charge in [-0.3, -0.25) is 0 Å². The van der Waals surface area contributed by atoms with E-state index in [1.165, 1.54) is 11.1 Å². The molecule has 4 heteroatoms. The van der Waals surface area contributed by atoms with E-state index in [-0.39, 0.29) is 0 Å². The molecule has 2 aromatic rings. The van der Waals surface area contributed by atoms with Crippen molar-refractivity contribution in [3.63, 3.8) is 0 Å². The van der Waals surface area contributed by atoms with Crippen molar-refractivity contribution in [1.82, 2.24) is 5.32 Å². The Morgan fingerprint density at radius 3 is 2.94 bits per heavy atom. The second-order valence-corrected chi connectivity index (χ2v) is 5.71. The van der Waals surface area contributed by atoms with E-state index in [9.17, 15) is 0 Å². The lowest BCUT2D eigenvalue weighted by Gasteiger charge is -2.11. The Labute approximate surface area is 120 Å². The lowest BCUT2D eigenvalue weighted by atomic mass is 10.2. The molecule has 0 aliphatic heterocycles. The van der Waals surface area contributed by atoms with Crippen LogP contribution in [-0.2, 0) is 13.0 Å². The number of thiophene rings is 1. The van der Waals surface area contributed by atoms with Crippen LogP contribution in [0.4, 0.5) is 0 Å². The summed E-state index contributed by atoms with van der Waals surface area (Å²) >= 11 is 5.21. The number of nitrogens with one attached hydrogen (secondary N) is 1. The van der Waals surface area contributed by atoms with E-state index >= 15 is 0 Å². The highest BCUT2D eigenvalue weighted by atomic mass is 79.9. The fourth-order valence-electron chi connectivity index (χ4n) is 1.73. The predicted octanol–water partition coefficient (Wildman–Crippen LogP) is 3.85. The summed E-state index contributed by atoms with van der Waals surface area (Å²) in [5, 5.41) is 7.42. The fraction of sp³-hybridized carbons (Fsp3) is 0.286. The third-order valence-electron chi connectivity index (χ3n) is 2.62. The van der Waals surface area contributed by atoms with Gasteiger partial charge in [0, 0.05) is 23.0 Å². The van der Waals surface area contributed by atoms with Gasteiger partial charge in [-0.05, 0) is 47.6 Å². The van der Waals surface area contributed by atoms with Crippen molar-refractivity contribution in [3.8, 4) is 5.75 Å². The quantitative estimate of drug-likeness (QED) is 0.871. The van der Waals surface area contributed by atoms with Gasteiger partial charge in [-0.25, -0.2) is 0 Å². The standard InChI is InChI=1S/C14H16BrNOS/c1-16-9-12-8-13(15)2-3-14(12)17-6-4-11-5-7-18-10-11/h2-3,5,7-8,10,16H,4,6,9H2,1H3. The summed E-state index contributed by atoms with van der Waals surface area (Å²) in [6, 6.07) is 8.27. The fourth-order valence-corrected chi connectivity index (χ4v) is 2.84. The molecule has 0 saturated carbocycles. The largest absolute Gasteiger partial charge is 0.493 e. The van der Waals surface area contributed by atoms with Crippen molar-refractivity contribution in [1.29, 1.82) is 0 Å². The van der Waals surface area contributed by atoms with Gasteiger partial charge < -0.3 is 10.1 Å². The summed E-state index contributed by atoms with van der Waals surface area (Å²) in [6.45, 7) is 1.53. The zero-order chi connectivity index (χ0) is 12.8. The van der Waals surface area contributed by atoms with Gasteiger partial charge in [-0.2, -0.15) is 11.3 Å². The topological polar surface area (TPSA) is 21.3 Å². The Bertz CT molecular complexity index is 485. The normalized spacial score (nSPS) is 10.6. The minimum atomic E-state index is 0.717. The molecule has 0 amide bonds. The monoisotopic (exact) mass is 325 g/mol. The van der Waals surface area contributed by atoms with Crippen molar-refractivity contribution in [3.05, 3.63) is 50.6 Å². The molecule has 0 spiro atoms. The van der Waals surface area contributed by atoms with Crippen molar-refractivity contribution in [2.24, 2.45) is 0 Å². The highest BCUT2D eigenvalue weighted by molar-refractivity contribution is 9.10. The third-order valence-corrected chi connectivity index (χ3v) is 3.84. The molecule has 0 saturated heterocycles. The molecule has 1 aromatic heterocycles. The highest BCUT2D eigenvalue weighted by Crippen LogP contribution is 2.23. The maximum Gasteiger partial charge on any atom is 0.123 e. The van der Waals surface area contributed by atoms with Crippen molar-refractivity contribution in [2.75, 3.05) is 13.7 Å². The molecule has 1 aromatic carbocycles. The summed E-state index contributed by atoms with van der Waals surface area (Å²) in [7, 11) is 1.94. The van der Waals surface area contributed by atoms with Gasteiger partial charge in [0.05, 0.1) is 6.61 Å². The highest BCUT2D eigenvalue weighted by Gasteiger charge is 2.04. The first-order valence-electron chi connectivity index (χ1n) is 5.86. The molecule has 18 heavy (non-hydrogen) atoms. The van der Waals surface area contributed by atoms with Crippen LogP contribution in [0.3, 0.4) is 0 Å². The van der Waals surface area contributed by atoms with Crippen LogP contribution in [-0.4, -0.2) is 13.7 Å². The van der Waals surface area contributed by atoms with Gasteiger partial charge in [0.2, 0.25) is 0 Å². The first-order valence-corrected chi connectivity index (χ1v) is 7.60. The summed E-state index contributed by atoms with van der Waals surface area (Å²) in [6.07, 6.45) is 0.957. The number of hydrogen-bond acceptors (Lipinski definition) is 3. The SMILES string of the molecule is CNCc1cc(Br)ccc1OCCc1ccsc1. The molecule has 0 unspecified atom stereocenters. The van der Waals surface area contributed by atoms with E-state index in [0.717, 1.165) is 29.8 Å². The first-order chi connectivity index (χ1) is 8.79. The van der Waals surface area contributed by atoms with Crippen LogP contribution in [0, 0.1) is 0 Å². The summed E-state index contributed by atoms with van der Waals surface area (Å²) in [5.41, 5.74) is 2.52. The molecule has 0 radical (unpaired) electrons. The summed E-state index contributed by atoms with van der Waals surface area (Å²) in [5.74, 6) is 0.961. The van der Waals surface area contributed by atoms with Crippen LogP contribution in [0.15, 0.2) is 39.5 Å². The van der Waals surface area contributed by atoms with Gasteiger partial charge in [-0.15, -0.1) is 0 Å². The maximum absolute atomic E-state index is 5.86. The Morgan fingerprint density at radius 1 is 1.33 bits per heavy atom. The lowest BCUT2D eigenvalue weighted by Crippen LogP contribution is -2.09. The number of ether oxygens (including phenoxy) is 1. The number of benzene rings is 1. The van der Waals surface area contributed by atoms with Gasteiger partial charge in [0.25, 0.3) is 0 Å². The van der Waals surface area contributed by atoms with Gasteiger partial charge >= 0.3 is 0 Å². The van der Waals surface area contributed by atoms with Crippen LogP contribution in [0.25, 0.3) is 0 Å². The zero-order valence-electron chi connectivity index (χ0n) is 10.3. The molecule has 1 heterocycles.